The van der Waals surface area contributed by atoms with Crippen LogP contribution in [-0.2, 0) is 14.3 Å². The average Bonchev–Trinajstić information content (AvgIpc) is 2.44. The molecule has 0 spiro atoms. The second-order valence-corrected chi connectivity index (χ2v) is 4.26. The van der Waals surface area contributed by atoms with Crippen LogP contribution < -0.4 is 0 Å². The Kier molecular flexibility index (Phi) is 19.8. The van der Waals surface area contributed by atoms with Gasteiger partial charge in [0.1, 0.15) is 0 Å². The number of aliphatic hydroxyl groups is 2. The summed E-state index contributed by atoms with van der Waals surface area (Å²) in [6.07, 6.45) is 3.71. The number of rotatable bonds is 12. The number of carboxylic acids is 1. The quantitative estimate of drug-likeness (QED) is 0.469. The van der Waals surface area contributed by atoms with E-state index >= 15 is 0 Å². The van der Waals surface area contributed by atoms with Crippen molar-refractivity contribution in [3.8, 4) is 0 Å². The number of aliphatic carboxylic acids is 1. The van der Waals surface area contributed by atoms with Crippen LogP contribution in [0.15, 0.2) is 0 Å². The maximum atomic E-state index is 10.4. The van der Waals surface area contributed by atoms with E-state index in [1.165, 1.54) is 0 Å². The zero-order chi connectivity index (χ0) is 15.6. The van der Waals surface area contributed by atoms with Crippen LogP contribution in [0.5, 0.6) is 0 Å². The van der Waals surface area contributed by atoms with E-state index in [0.29, 0.717) is 26.4 Å². The number of hydrogen-bond acceptors (Lipinski definition) is 5. The van der Waals surface area contributed by atoms with E-state index in [0.717, 1.165) is 25.7 Å². The van der Waals surface area contributed by atoms with Crippen LogP contribution in [0.3, 0.4) is 0 Å². The molecule has 20 heavy (non-hydrogen) atoms. The van der Waals surface area contributed by atoms with E-state index < -0.39 is 5.97 Å². The predicted octanol–water partition coefficient (Wildman–Crippen LogP) is 1.29. The van der Waals surface area contributed by atoms with Crippen LogP contribution in [0.4, 0.5) is 0 Å². The van der Waals surface area contributed by atoms with Crippen molar-refractivity contribution >= 4 is 5.97 Å². The van der Waals surface area contributed by atoms with Gasteiger partial charge in [-0.15, -0.1) is 0 Å². The van der Waals surface area contributed by atoms with Crippen LogP contribution >= 0.6 is 0 Å². The summed E-state index contributed by atoms with van der Waals surface area (Å²) in [6.45, 7) is 5.73. The number of unbranched alkanes of at least 4 members (excludes halogenated alkanes) is 1. The smallest absolute Gasteiger partial charge is 0.306 e. The molecule has 0 aliphatic rings. The van der Waals surface area contributed by atoms with E-state index in [9.17, 15) is 4.79 Å². The van der Waals surface area contributed by atoms with Crippen molar-refractivity contribution in [2.24, 2.45) is 5.92 Å². The molecule has 0 aromatic heterocycles. The molecule has 0 rings (SSSR count). The second-order valence-electron chi connectivity index (χ2n) is 4.26. The third kappa shape index (κ3) is 17.3. The highest BCUT2D eigenvalue weighted by atomic mass is 16.5. The standard InChI is InChI=1S/C8H16O2.C6H14O4/c1-3-5-6-7(4-2)8(9)10;7-1-3-9-5-6-10-4-2-8/h7H,3-6H2,1-2H3,(H,9,10);7-8H,1-6H2. The van der Waals surface area contributed by atoms with Crippen LogP contribution in [0.1, 0.15) is 39.5 Å². The molecular weight excluding hydrogens is 264 g/mol. The third-order valence-electron chi connectivity index (χ3n) is 2.59. The summed E-state index contributed by atoms with van der Waals surface area (Å²) in [5.74, 6) is -0.754. The van der Waals surface area contributed by atoms with E-state index in [4.69, 9.17) is 24.8 Å². The SMILES string of the molecule is CCCCC(CC)C(=O)O.OCCOCCOCCO. The van der Waals surface area contributed by atoms with Crippen LogP contribution in [0.25, 0.3) is 0 Å². The Balaban J connectivity index is 0. The van der Waals surface area contributed by atoms with E-state index in [1.807, 2.05) is 6.92 Å². The highest BCUT2D eigenvalue weighted by Crippen LogP contribution is 2.11. The lowest BCUT2D eigenvalue weighted by Crippen LogP contribution is -2.11. The fourth-order valence-electron chi connectivity index (χ4n) is 1.40. The first-order valence-corrected chi connectivity index (χ1v) is 7.23. The number of aliphatic hydroxyl groups excluding tert-OH is 2. The zero-order valence-electron chi connectivity index (χ0n) is 12.7. The molecule has 6 heteroatoms. The van der Waals surface area contributed by atoms with Gasteiger partial charge in [-0.05, 0) is 12.8 Å². The normalized spacial score (nSPS) is 11.6. The topological polar surface area (TPSA) is 96.2 Å². The van der Waals surface area contributed by atoms with Crippen molar-refractivity contribution < 1.29 is 29.6 Å². The number of carboxylic acid groups (broad SMARTS) is 1. The molecule has 1 atom stereocenters. The Labute approximate surface area is 121 Å². The van der Waals surface area contributed by atoms with Crippen molar-refractivity contribution in [1.82, 2.24) is 0 Å². The molecule has 0 aliphatic carbocycles. The molecule has 0 aromatic rings. The number of hydrogen-bond donors (Lipinski definition) is 3. The van der Waals surface area contributed by atoms with Crippen molar-refractivity contribution in [3.05, 3.63) is 0 Å². The van der Waals surface area contributed by atoms with E-state index in [-0.39, 0.29) is 19.1 Å². The Bertz CT molecular complexity index is 190. The summed E-state index contributed by atoms with van der Waals surface area (Å²) in [6, 6.07) is 0. The van der Waals surface area contributed by atoms with Crippen molar-refractivity contribution in [2.75, 3.05) is 39.6 Å². The van der Waals surface area contributed by atoms with Gasteiger partial charge in [0.25, 0.3) is 0 Å². The first kappa shape index (κ1) is 21.6. The minimum atomic E-state index is -0.643. The average molecular weight is 294 g/mol. The lowest BCUT2D eigenvalue weighted by atomic mass is 10.00. The van der Waals surface area contributed by atoms with Gasteiger partial charge in [0.15, 0.2) is 0 Å². The third-order valence-corrected chi connectivity index (χ3v) is 2.59. The summed E-state index contributed by atoms with van der Waals surface area (Å²) in [4.78, 5) is 10.4. The number of ether oxygens (including phenoxy) is 2. The molecule has 3 N–H and O–H groups in total. The lowest BCUT2D eigenvalue weighted by molar-refractivity contribution is -0.142. The Hall–Kier alpha value is -0.690. The monoisotopic (exact) mass is 294 g/mol. The minimum Gasteiger partial charge on any atom is -0.481 e. The Morgan fingerprint density at radius 1 is 1.00 bits per heavy atom. The van der Waals surface area contributed by atoms with Gasteiger partial charge in [-0.1, -0.05) is 26.7 Å². The molecule has 0 saturated heterocycles. The molecule has 0 amide bonds. The van der Waals surface area contributed by atoms with Crippen LogP contribution in [0, 0.1) is 5.92 Å². The van der Waals surface area contributed by atoms with E-state index in [2.05, 4.69) is 6.92 Å². The van der Waals surface area contributed by atoms with Gasteiger partial charge in [0.05, 0.1) is 45.6 Å². The molecule has 0 radical (unpaired) electrons. The molecule has 6 nitrogen and oxygen atoms in total. The molecule has 122 valence electrons. The fraction of sp³-hybridized carbons (Fsp3) is 0.929. The van der Waals surface area contributed by atoms with Gasteiger partial charge < -0.3 is 24.8 Å². The molecule has 0 aliphatic heterocycles. The molecule has 0 saturated carbocycles. The van der Waals surface area contributed by atoms with Crippen molar-refractivity contribution in [3.63, 3.8) is 0 Å². The van der Waals surface area contributed by atoms with Gasteiger partial charge in [-0.3, -0.25) is 4.79 Å². The van der Waals surface area contributed by atoms with E-state index in [1.54, 1.807) is 0 Å². The number of carbonyl (C=O) groups is 1. The largest absolute Gasteiger partial charge is 0.481 e. The first-order chi connectivity index (χ1) is 9.63. The zero-order valence-corrected chi connectivity index (χ0v) is 12.7. The highest BCUT2D eigenvalue weighted by Gasteiger charge is 2.12. The van der Waals surface area contributed by atoms with Gasteiger partial charge >= 0.3 is 5.97 Å². The van der Waals surface area contributed by atoms with Gasteiger partial charge in [-0.25, -0.2) is 0 Å². The molecule has 0 fully saturated rings. The molecule has 0 aromatic carbocycles. The fourth-order valence-corrected chi connectivity index (χ4v) is 1.40. The molecular formula is C14H30O6. The van der Waals surface area contributed by atoms with Crippen LogP contribution in [-0.4, -0.2) is 60.9 Å². The molecule has 0 bridgehead atoms. The summed E-state index contributed by atoms with van der Waals surface area (Å²) in [7, 11) is 0. The lowest BCUT2D eigenvalue weighted by Gasteiger charge is -2.06. The molecule has 1 unspecified atom stereocenters. The summed E-state index contributed by atoms with van der Waals surface area (Å²) in [5.41, 5.74) is 0. The van der Waals surface area contributed by atoms with Gasteiger partial charge in [0, 0.05) is 0 Å². The summed E-state index contributed by atoms with van der Waals surface area (Å²) < 4.78 is 9.75. The summed E-state index contributed by atoms with van der Waals surface area (Å²) in [5, 5.41) is 25.1. The maximum absolute atomic E-state index is 10.4. The maximum Gasteiger partial charge on any atom is 0.306 e. The Morgan fingerprint density at radius 3 is 1.80 bits per heavy atom. The minimum absolute atomic E-state index is 0.0417. The second kappa shape index (κ2) is 18.3. The summed E-state index contributed by atoms with van der Waals surface area (Å²) >= 11 is 0. The van der Waals surface area contributed by atoms with Crippen LogP contribution in [0.2, 0.25) is 0 Å². The highest BCUT2D eigenvalue weighted by molar-refractivity contribution is 5.69. The predicted molar refractivity (Wildman–Crippen MR) is 76.8 cm³/mol. The Morgan fingerprint density at radius 2 is 1.50 bits per heavy atom. The van der Waals surface area contributed by atoms with Crippen molar-refractivity contribution in [2.45, 2.75) is 39.5 Å². The van der Waals surface area contributed by atoms with Gasteiger partial charge in [0.2, 0.25) is 0 Å². The van der Waals surface area contributed by atoms with Gasteiger partial charge in [-0.2, -0.15) is 0 Å². The first-order valence-electron chi connectivity index (χ1n) is 7.23. The molecule has 0 heterocycles. The van der Waals surface area contributed by atoms with Crippen molar-refractivity contribution in [1.29, 1.82) is 0 Å².